The molecule has 1 aromatic rings. The highest BCUT2D eigenvalue weighted by molar-refractivity contribution is 5.95. The maximum absolute atomic E-state index is 12.7. The normalized spacial score (nSPS) is 21.0. The Bertz CT molecular complexity index is 633. The maximum atomic E-state index is 12.7. The van der Waals surface area contributed by atoms with Gasteiger partial charge in [-0.15, -0.1) is 0 Å². The number of hydrogen-bond acceptors (Lipinski definition) is 3. The van der Waals surface area contributed by atoms with Gasteiger partial charge >= 0.3 is 0 Å². The third-order valence-electron chi connectivity index (χ3n) is 5.53. The number of rotatable bonds is 6. The van der Waals surface area contributed by atoms with Gasteiger partial charge in [-0.2, -0.15) is 0 Å². The molecule has 5 heteroatoms. The monoisotopic (exact) mass is 342 g/mol. The van der Waals surface area contributed by atoms with Crippen LogP contribution in [0.3, 0.4) is 0 Å². The lowest BCUT2D eigenvalue weighted by atomic mass is 10.2. The van der Waals surface area contributed by atoms with E-state index < -0.39 is 0 Å². The maximum Gasteiger partial charge on any atom is 0.261 e. The first-order chi connectivity index (χ1) is 12.2. The summed E-state index contributed by atoms with van der Waals surface area (Å²) in [5.74, 6) is 0.986. The third-order valence-corrected chi connectivity index (χ3v) is 5.53. The van der Waals surface area contributed by atoms with Crippen molar-refractivity contribution in [1.29, 1.82) is 0 Å². The minimum atomic E-state index is 0.106. The van der Waals surface area contributed by atoms with E-state index in [0.717, 1.165) is 44.3 Å². The topological polar surface area (TPSA) is 49.9 Å². The zero-order valence-electron chi connectivity index (χ0n) is 14.7. The van der Waals surface area contributed by atoms with E-state index in [2.05, 4.69) is 4.90 Å². The highest BCUT2D eigenvalue weighted by Crippen LogP contribution is 2.34. The van der Waals surface area contributed by atoms with Gasteiger partial charge in [0.05, 0.1) is 0 Å². The molecule has 134 valence electrons. The van der Waals surface area contributed by atoms with E-state index in [4.69, 9.17) is 4.74 Å². The van der Waals surface area contributed by atoms with Crippen LogP contribution in [-0.4, -0.2) is 41.9 Å². The Labute approximate surface area is 148 Å². The van der Waals surface area contributed by atoms with Gasteiger partial charge in [-0.3, -0.25) is 9.59 Å². The molecule has 4 rings (SSSR count). The highest BCUT2D eigenvalue weighted by Gasteiger charge is 2.38. The Balaban J connectivity index is 1.34. The van der Waals surface area contributed by atoms with Gasteiger partial charge in [0.15, 0.2) is 6.61 Å². The summed E-state index contributed by atoms with van der Waals surface area (Å²) >= 11 is 0. The van der Waals surface area contributed by atoms with Gasteiger partial charge in [0, 0.05) is 30.7 Å². The summed E-state index contributed by atoms with van der Waals surface area (Å²) in [6, 6.07) is 8.38. The Morgan fingerprint density at radius 3 is 2.32 bits per heavy atom. The van der Waals surface area contributed by atoms with Gasteiger partial charge in [-0.05, 0) is 56.4 Å². The van der Waals surface area contributed by atoms with Gasteiger partial charge in [-0.25, -0.2) is 0 Å². The zero-order valence-corrected chi connectivity index (χ0v) is 14.7. The van der Waals surface area contributed by atoms with Crippen LogP contribution in [0, 0.1) is 0 Å². The molecule has 0 bridgehead atoms. The molecule has 3 fully saturated rings. The summed E-state index contributed by atoms with van der Waals surface area (Å²) in [7, 11) is 0. The standard InChI is InChI=1S/C20H26N2O3/c23-19-6-3-13-21(19)15-9-11-18(12-10-15)25-14-20(24)22(17-7-8-17)16-4-1-2-5-16/h9-12,16-17H,1-8,13-14H2. The summed E-state index contributed by atoms with van der Waals surface area (Å²) in [4.78, 5) is 28.4. The van der Waals surface area contributed by atoms with Crippen LogP contribution in [0.1, 0.15) is 51.4 Å². The summed E-state index contributed by atoms with van der Waals surface area (Å²) in [6.07, 6.45) is 8.58. The molecule has 2 aliphatic carbocycles. The fourth-order valence-corrected chi connectivity index (χ4v) is 4.10. The highest BCUT2D eigenvalue weighted by atomic mass is 16.5. The predicted molar refractivity (Wildman–Crippen MR) is 95.6 cm³/mol. The van der Waals surface area contributed by atoms with E-state index >= 15 is 0 Å². The van der Waals surface area contributed by atoms with Crippen molar-refractivity contribution in [2.45, 2.75) is 63.5 Å². The van der Waals surface area contributed by atoms with E-state index in [-0.39, 0.29) is 18.4 Å². The molecule has 2 saturated carbocycles. The summed E-state index contributed by atoms with van der Waals surface area (Å²) in [5, 5.41) is 0. The average molecular weight is 342 g/mol. The summed E-state index contributed by atoms with van der Waals surface area (Å²) in [5.41, 5.74) is 0.909. The minimum Gasteiger partial charge on any atom is -0.484 e. The van der Waals surface area contributed by atoms with Crippen molar-refractivity contribution in [3.8, 4) is 5.75 Å². The zero-order chi connectivity index (χ0) is 17.2. The van der Waals surface area contributed by atoms with Gasteiger partial charge in [0.1, 0.15) is 5.75 Å². The molecule has 1 heterocycles. The molecule has 5 nitrogen and oxygen atoms in total. The van der Waals surface area contributed by atoms with Crippen LogP contribution in [0.15, 0.2) is 24.3 Å². The first-order valence-electron chi connectivity index (χ1n) is 9.57. The number of carbonyl (C=O) groups is 2. The fraction of sp³-hybridized carbons (Fsp3) is 0.600. The molecule has 0 radical (unpaired) electrons. The number of anilines is 1. The fourth-order valence-electron chi connectivity index (χ4n) is 4.10. The largest absolute Gasteiger partial charge is 0.484 e. The lowest BCUT2D eigenvalue weighted by Gasteiger charge is -2.29. The van der Waals surface area contributed by atoms with Gasteiger partial charge in [-0.1, -0.05) is 12.8 Å². The second-order valence-corrected chi connectivity index (χ2v) is 7.40. The van der Waals surface area contributed by atoms with Crippen molar-refractivity contribution in [3.63, 3.8) is 0 Å². The Hall–Kier alpha value is -2.04. The smallest absolute Gasteiger partial charge is 0.261 e. The first-order valence-corrected chi connectivity index (χ1v) is 9.57. The molecule has 3 aliphatic rings. The van der Waals surface area contributed by atoms with Crippen LogP contribution in [0.5, 0.6) is 5.75 Å². The van der Waals surface area contributed by atoms with Crippen molar-refractivity contribution in [2.75, 3.05) is 18.1 Å². The van der Waals surface area contributed by atoms with Crippen molar-refractivity contribution in [2.24, 2.45) is 0 Å². The van der Waals surface area contributed by atoms with E-state index in [1.54, 1.807) is 0 Å². The molecule has 0 unspecified atom stereocenters. The number of nitrogens with zero attached hydrogens (tertiary/aromatic N) is 2. The number of ether oxygens (including phenoxy) is 1. The van der Waals surface area contributed by atoms with Crippen molar-refractivity contribution in [1.82, 2.24) is 4.90 Å². The molecule has 1 aromatic carbocycles. The molecule has 0 spiro atoms. The molecule has 0 N–H and O–H groups in total. The first kappa shape index (κ1) is 16.4. The van der Waals surface area contributed by atoms with E-state index in [0.29, 0.717) is 24.3 Å². The van der Waals surface area contributed by atoms with Crippen molar-refractivity contribution < 1.29 is 14.3 Å². The van der Waals surface area contributed by atoms with Crippen molar-refractivity contribution in [3.05, 3.63) is 24.3 Å². The van der Waals surface area contributed by atoms with Crippen LogP contribution >= 0.6 is 0 Å². The van der Waals surface area contributed by atoms with Gasteiger partial charge in [0.2, 0.25) is 5.91 Å². The third kappa shape index (κ3) is 3.65. The van der Waals surface area contributed by atoms with E-state index in [1.807, 2.05) is 29.2 Å². The minimum absolute atomic E-state index is 0.106. The lowest BCUT2D eigenvalue weighted by molar-refractivity contribution is -0.136. The van der Waals surface area contributed by atoms with Crippen LogP contribution < -0.4 is 9.64 Å². The predicted octanol–water partition coefficient (Wildman–Crippen LogP) is 3.13. The molecule has 25 heavy (non-hydrogen) atoms. The summed E-state index contributed by atoms with van der Waals surface area (Å²) < 4.78 is 5.74. The second kappa shape index (κ2) is 7.06. The van der Waals surface area contributed by atoms with E-state index in [1.165, 1.54) is 12.8 Å². The SMILES string of the molecule is O=C1CCCN1c1ccc(OCC(=O)N(C2CCCC2)C2CC2)cc1. The number of amides is 2. The van der Waals surface area contributed by atoms with Crippen molar-refractivity contribution >= 4 is 17.5 Å². The molecular formula is C20H26N2O3. The van der Waals surface area contributed by atoms with Gasteiger partial charge < -0.3 is 14.5 Å². The summed E-state index contributed by atoms with van der Waals surface area (Å²) in [6.45, 7) is 0.893. The van der Waals surface area contributed by atoms with Gasteiger partial charge in [0.25, 0.3) is 5.91 Å². The average Bonchev–Trinajstić information content (AvgIpc) is 3.12. The molecule has 0 atom stereocenters. The van der Waals surface area contributed by atoms with E-state index in [9.17, 15) is 9.59 Å². The van der Waals surface area contributed by atoms with Crippen LogP contribution in [0.2, 0.25) is 0 Å². The van der Waals surface area contributed by atoms with Crippen LogP contribution in [0.4, 0.5) is 5.69 Å². The number of carbonyl (C=O) groups excluding carboxylic acids is 2. The second-order valence-electron chi connectivity index (χ2n) is 7.40. The molecular weight excluding hydrogens is 316 g/mol. The molecule has 1 aliphatic heterocycles. The molecule has 1 saturated heterocycles. The molecule has 0 aromatic heterocycles. The number of benzene rings is 1. The van der Waals surface area contributed by atoms with Crippen LogP contribution in [-0.2, 0) is 9.59 Å². The Morgan fingerprint density at radius 2 is 1.72 bits per heavy atom. The Morgan fingerprint density at radius 1 is 1.04 bits per heavy atom. The van der Waals surface area contributed by atoms with Crippen LogP contribution in [0.25, 0.3) is 0 Å². The quantitative estimate of drug-likeness (QED) is 0.798. The lowest BCUT2D eigenvalue weighted by Crippen LogP contribution is -2.43. The number of hydrogen-bond donors (Lipinski definition) is 0. The Kier molecular flexibility index (Phi) is 4.64. The molecule has 2 amide bonds.